The summed E-state index contributed by atoms with van der Waals surface area (Å²) in [5, 5.41) is 17.6. The lowest BCUT2D eigenvalue weighted by molar-refractivity contribution is -0.137. The summed E-state index contributed by atoms with van der Waals surface area (Å²) in [4.78, 5) is 36.2. The lowest BCUT2D eigenvalue weighted by atomic mass is 10.0. The van der Waals surface area contributed by atoms with Gasteiger partial charge in [0.1, 0.15) is 12.3 Å². The molecule has 1 heterocycles. The average molecular weight is 316 g/mol. The summed E-state index contributed by atoms with van der Waals surface area (Å²) in [6.45, 7) is 1.67. The zero-order chi connectivity index (χ0) is 17.0. The van der Waals surface area contributed by atoms with Gasteiger partial charge in [0.25, 0.3) is 5.91 Å². The van der Waals surface area contributed by atoms with Crippen LogP contribution in [0.2, 0.25) is 0 Å². The molecule has 0 bridgehead atoms. The van der Waals surface area contributed by atoms with Crippen LogP contribution in [0.25, 0.3) is 0 Å². The fraction of sp³-hybridized carbons (Fsp3) is 0.375. The number of ether oxygens (including phenoxy) is 1. The summed E-state index contributed by atoms with van der Waals surface area (Å²) in [6.07, 6.45) is -0.562. The lowest BCUT2D eigenvalue weighted by Crippen LogP contribution is -2.45. The summed E-state index contributed by atoms with van der Waals surface area (Å²) in [6, 6.07) is 6.51. The van der Waals surface area contributed by atoms with Crippen molar-refractivity contribution in [1.82, 2.24) is 0 Å². The summed E-state index contributed by atoms with van der Waals surface area (Å²) < 4.78 is 5.60. The van der Waals surface area contributed by atoms with Crippen LogP contribution < -0.4 is 9.64 Å². The van der Waals surface area contributed by atoms with E-state index >= 15 is 0 Å². The first kappa shape index (κ1) is 16.5. The molecule has 7 heteroatoms. The highest BCUT2D eigenvalue weighted by molar-refractivity contribution is 6.03. The second kappa shape index (κ2) is 6.92. The third-order valence-corrected chi connectivity index (χ3v) is 3.55. The van der Waals surface area contributed by atoms with E-state index in [1.165, 1.54) is 17.0 Å². The molecule has 1 aromatic rings. The molecule has 0 fully saturated rings. The quantitative estimate of drug-likeness (QED) is 0.633. The molecule has 0 aromatic heterocycles. The van der Waals surface area contributed by atoms with E-state index in [0.29, 0.717) is 23.4 Å². The molecule has 1 unspecified atom stereocenters. The van der Waals surface area contributed by atoms with Gasteiger partial charge in [0, 0.05) is 12.0 Å². The third-order valence-electron chi connectivity index (χ3n) is 3.55. The fourth-order valence-electron chi connectivity index (χ4n) is 2.35. The monoisotopic (exact) mass is 316 g/mol. The number of rotatable bonds is 6. The number of ketones is 1. The number of carbonyl (C=O) groups excluding carboxylic acids is 2. The van der Waals surface area contributed by atoms with Gasteiger partial charge >= 0.3 is 5.97 Å². The van der Waals surface area contributed by atoms with Crippen molar-refractivity contribution in [3.05, 3.63) is 23.8 Å². The predicted molar refractivity (Wildman–Crippen MR) is 80.3 cm³/mol. The molecule has 7 nitrogen and oxygen atoms in total. The summed E-state index contributed by atoms with van der Waals surface area (Å²) in [5.41, 5.74) is 0.654. The second-order valence-electron chi connectivity index (χ2n) is 5.10. The van der Waals surface area contributed by atoms with Crippen LogP contribution in [0.4, 0.5) is 5.69 Å². The van der Waals surface area contributed by atoms with Gasteiger partial charge in [-0.1, -0.05) is 6.92 Å². The first-order chi connectivity index (χ1) is 11.0. The van der Waals surface area contributed by atoms with E-state index in [9.17, 15) is 14.4 Å². The van der Waals surface area contributed by atoms with E-state index in [1.54, 1.807) is 6.07 Å². The molecule has 1 aliphatic rings. The molecule has 1 N–H and O–H groups in total. The smallest absolute Gasteiger partial charge is 0.303 e. The van der Waals surface area contributed by atoms with Crippen LogP contribution in [-0.2, 0) is 9.59 Å². The number of nitriles is 1. The lowest BCUT2D eigenvalue weighted by Gasteiger charge is -2.32. The number of fused-ring (bicyclic) bond motifs is 1. The van der Waals surface area contributed by atoms with Gasteiger partial charge in [0.05, 0.1) is 18.2 Å². The topological polar surface area (TPSA) is 108 Å². The highest BCUT2D eigenvalue weighted by Gasteiger charge is 2.33. The molecule has 1 atom stereocenters. The van der Waals surface area contributed by atoms with E-state index in [1.807, 2.05) is 13.0 Å². The Morgan fingerprint density at radius 3 is 2.74 bits per heavy atom. The molecule has 1 aliphatic heterocycles. The molecule has 23 heavy (non-hydrogen) atoms. The number of hydrogen-bond donors (Lipinski definition) is 1. The number of hydrogen-bond acceptors (Lipinski definition) is 5. The maximum absolute atomic E-state index is 12.3. The van der Waals surface area contributed by atoms with Crippen molar-refractivity contribution >= 4 is 23.3 Å². The number of carbonyl (C=O) groups is 3. The molecular weight excluding hydrogens is 300 g/mol. The maximum atomic E-state index is 12.3. The van der Waals surface area contributed by atoms with Crippen molar-refractivity contribution < 1.29 is 24.2 Å². The molecule has 2 rings (SSSR count). The van der Waals surface area contributed by atoms with Crippen LogP contribution >= 0.6 is 0 Å². The molecule has 0 saturated carbocycles. The molecule has 120 valence electrons. The summed E-state index contributed by atoms with van der Waals surface area (Å²) in [5.74, 6) is -1.28. The molecule has 1 amide bonds. The Hall–Kier alpha value is -2.88. The minimum absolute atomic E-state index is 0.126. The Morgan fingerprint density at radius 2 is 2.13 bits per heavy atom. The van der Waals surface area contributed by atoms with Gasteiger partial charge in [0.2, 0.25) is 0 Å². The van der Waals surface area contributed by atoms with Crippen molar-refractivity contribution in [3.63, 3.8) is 0 Å². The number of Topliss-reactive ketones (excluding diaryl/α,β-unsaturated/α-hetero) is 1. The number of benzene rings is 1. The fourth-order valence-corrected chi connectivity index (χ4v) is 2.35. The first-order valence-electron chi connectivity index (χ1n) is 7.22. The van der Waals surface area contributed by atoms with E-state index < -0.39 is 12.1 Å². The Morgan fingerprint density at radius 1 is 1.39 bits per heavy atom. The number of nitrogens with zero attached hydrogens (tertiary/aromatic N) is 2. The Kier molecular flexibility index (Phi) is 4.96. The number of amides is 1. The SMILES string of the molecule is CCC1Oc2ccc(C(=O)CCC(=O)O)cc2N(CC#N)C1=O. The average Bonchev–Trinajstić information content (AvgIpc) is 2.54. The van der Waals surface area contributed by atoms with Gasteiger partial charge in [-0.05, 0) is 24.6 Å². The zero-order valence-electron chi connectivity index (χ0n) is 12.6. The largest absolute Gasteiger partial charge is 0.481 e. The number of carboxylic acids is 1. The van der Waals surface area contributed by atoms with E-state index in [-0.39, 0.29) is 31.1 Å². The van der Waals surface area contributed by atoms with Crippen LogP contribution in [0, 0.1) is 11.3 Å². The van der Waals surface area contributed by atoms with E-state index in [0.717, 1.165) is 0 Å². The van der Waals surface area contributed by atoms with Gasteiger partial charge in [-0.15, -0.1) is 0 Å². The maximum Gasteiger partial charge on any atom is 0.303 e. The zero-order valence-corrected chi connectivity index (χ0v) is 12.6. The van der Waals surface area contributed by atoms with Crippen molar-refractivity contribution in [2.45, 2.75) is 32.3 Å². The standard InChI is InChI=1S/C16H16N2O5/c1-2-13-16(22)18(8-7-17)11-9-10(3-5-14(11)23-13)12(19)4-6-15(20)21/h3,5,9,13H,2,4,6,8H2,1H3,(H,20,21). The second-order valence-corrected chi connectivity index (χ2v) is 5.10. The van der Waals surface area contributed by atoms with Gasteiger partial charge in [-0.25, -0.2) is 0 Å². The van der Waals surface area contributed by atoms with Crippen molar-refractivity contribution in [3.8, 4) is 11.8 Å². The van der Waals surface area contributed by atoms with Crippen LogP contribution in [0.1, 0.15) is 36.5 Å². The Balaban J connectivity index is 2.33. The van der Waals surface area contributed by atoms with Crippen LogP contribution in [0.3, 0.4) is 0 Å². The van der Waals surface area contributed by atoms with E-state index in [2.05, 4.69) is 0 Å². The molecule has 0 radical (unpaired) electrons. The Bertz CT molecular complexity index is 692. The molecular formula is C16H16N2O5. The Labute approximate surface area is 133 Å². The number of carboxylic acid groups (broad SMARTS) is 1. The molecule has 0 spiro atoms. The minimum Gasteiger partial charge on any atom is -0.481 e. The molecule has 1 aromatic carbocycles. The normalized spacial score (nSPS) is 16.3. The van der Waals surface area contributed by atoms with Crippen molar-refractivity contribution in [2.75, 3.05) is 11.4 Å². The van der Waals surface area contributed by atoms with Gasteiger partial charge in [-0.3, -0.25) is 19.3 Å². The van der Waals surface area contributed by atoms with Crippen LogP contribution in [-0.4, -0.2) is 35.4 Å². The highest BCUT2D eigenvalue weighted by Crippen LogP contribution is 2.35. The van der Waals surface area contributed by atoms with Gasteiger partial charge in [-0.2, -0.15) is 5.26 Å². The number of aliphatic carboxylic acids is 1. The minimum atomic E-state index is -1.05. The first-order valence-corrected chi connectivity index (χ1v) is 7.22. The van der Waals surface area contributed by atoms with Crippen LogP contribution in [0.15, 0.2) is 18.2 Å². The van der Waals surface area contributed by atoms with Gasteiger partial charge < -0.3 is 9.84 Å². The number of anilines is 1. The summed E-state index contributed by atoms with van der Waals surface area (Å²) >= 11 is 0. The van der Waals surface area contributed by atoms with Crippen molar-refractivity contribution in [2.24, 2.45) is 0 Å². The van der Waals surface area contributed by atoms with E-state index in [4.69, 9.17) is 15.1 Å². The predicted octanol–water partition coefficient (Wildman–Crippen LogP) is 1.76. The van der Waals surface area contributed by atoms with Gasteiger partial charge in [0.15, 0.2) is 11.9 Å². The molecule has 0 aliphatic carbocycles. The van der Waals surface area contributed by atoms with Crippen molar-refractivity contribution in [1.29, 1.82) is 5.26 Å². The summed E-state index contributed by atoms with van der Waals surface area (Å²) in [7, 11) is 0. The van der Waals surface area contributed by atoms with Crippen LogP contribution in [0.5, 0.6) is 5.75 Å². The molecule has 0 saturated heterocycles. The third kappa shape index (κ3) is 3.48. The highest BCUT2D eigenvalue weighted by atomic mass is 16.5.